The zero-order chi connectivity index (χ0) is 13.4. The smallest absolute Gasteiger partial charge is 0.0600 e. The van der Waals surface area contributed by atoms with E-state index in [0.29, 0.717) is 11.5 Å². The standard InChI is InChI=1S/C16H32OS/c1-4-10-16(13-18,11-5-2)12-17-15-9-7-6-8-14(15)3/h14-15,18H,4-13H2,1-3H3. The molecule has 0 saturated heterocycles. The second-order valence-electron chi connectivity index (χ2n) is 6.27. The molecule has 0 aromatic rings. The summed E-state index contributed by atoms with van der Waals surface area (Å²) in [7, 11) is 0. The summed E-state index contributed by atoms with van der Waals surface area (Å²) >= 11 is 4.61. The molecule has 0 N–H and O–H groups in total. The average molecular weight is 272 g/mol. The summed E-state index contributed by atoms with van der Waals surface area (Å²) in [6.07, 6.45) is 10.9. The van der Waals surface area contributed by atoms with Gasteiger partial charge in [-0.1, -0.05) is 46.5 Å². The van der Waals surface area contributed by atoms with Crippen molar-refractivity contribution >= 4 is 12.6 Å². The Hall–Kier alpha value is 0.310. The molecule has 1 aliphatic carbocycles. The van der Waals surface area contributed by atoms with Crippen molar-refractivity contribution in [2.45, 2.75) is 78.2 Å². The Morgan fingerprint density at radius 3 is 2.22 bits per heavy atom. The van der Waals surface area contributed by atoms with Crippen LogP contribution in [-0.4, -0.2) is 18.5 Å². The van der Waals surface area contributed by atoms with Crippen LogP contribution < -0.4 is 0 Å². The van der Waals surface area contributed by atoms with Crippen LogP contribution in [0.4, 0.5) is 0 Å². The lowest BCUT2D eigenvalue weighted by Gasteiger charge is -2.36. The Morgan fingerprint density at radius 2 is 1.72 bits per heavy atom. The van der Waals surface area contributed by atoms with Crippen LogP contribution in [0, 0.1) is 11.3 Å². The number of ether oxygens (including phenoxy) is 1. The topological polar surface area (TPSA) is 9.23 Å². The van der Waals surface area contributed by atoms with Gasteiger partial charge in [0.1, 0.15) is 0 Å². The molecule has 0 aromatic heterocycles. The molecule has 1 nitrogen and oxygen atoms in total. The predicted octanol–water partition coefficient (Wildman–Crippen LogP) is 5.10. The minimum atomic E-state index is 0.323. The minimum Gasteiger partial charge on any atom is -0.377 e. The van der Waals surface area contributed by atoms with Crippen LogP contribution in [0.25, 0.3) is 0 Å². The van der Waals surface area contributed by atoms with Crippen LogP contribution in [0.1, 0.15) is 72.1 Å². The fourth-order valence-electron chi connectivity index (χ4n) is 3.35. The van der Waals surface area contributed by atoms with E-state index in [0.717, 1.165) is 18.3 Å². The van der Waals surface area contributed by atoms with Crippen molar-refractivity contribution in [3.8, 4) is 0 Å². The Kier molecular flexibility index (Phi) is 7.70. The molecule has 0 bridgehead atoms. The zero-order valence-electron chi connectivity index (χ0n) is 12.6. The fourth-order valence-corrected chi connectivity index (χ4v) is 3.75. The molecule has 0 spiro atoms. The first kappa shape index (κ1) is 16.4. The van der Waals surface area contributed by atoms with Gasteiger partial charge in [-0.2, -0.15) is 12.6 Å². The Bertz CT molecular complexity index is 211. The molecular formula is C16H32OS. The Labute approximate surface area is 119 Å². The van der Waals surface area contributed by atoms with E-state index in [1.807, 2.05) is 0 Å². The van der Waals surface area contributed by atoms with E-state index in [1.54, 1.807) is 0 Å². The lowest BCUT2D eigenvalue weighted by atomic mass is 9.81. The van der Waals surface area contributed by atoms with Gasteiger partial charge in [0.15, 0.2) is 0 Å². The van der Waals surface area contributed by atoms with Gasteiger partial charge in [-0.15, -0.1) is 0 Å². The summed E-state index contributed by atoms with van der Waals surface area (Å²) in [5.41, 5.74) is 0.323. The van der Waals surface area contributed by atoms with Crippen molar-refractivity contribution in [2.24, 2.45) is 11.3 Å². The highest BCUT2D eigenvalue weighted by atomic mass is 32.1. The number of hydrogen-bond donors (Lipinski definition) is 1. The number of thiol groups is 1. The van der Waals surface area contributed by atoms with Crippen LogP contribution in [0.5, 0.6) is 0 Å². The van der Waals surface area contributed by atoms with Gasteiger partial charge in [-0.05, 0) is 37.4 Å². The van der Waals surface area contributed by atoms with Gasteiger partial charge in [0.25, 0.3) is 0 Å². The summed E-state index contributed by atoms with van der Waals surface area (Å²) in [5, 5.41) is 0. The monoisotopic (exact) mass is 272 g/mol. The summed E-state index contributed by atoms with van der Waals surface area (Å²) in [4.78, 5) is 0. The van der Waals surface area contributed by atoms with Crippen molar-refractivity contribution in [3.63, 3.8) is 0 Å². The SMILES string of the molecule is CCCC(CS)(CCC)COC1CCCCC1C. The highest BCUT2D eigenvalue weighted by molar-refractivity contribution is 7.80. The molecular weight excluding hydrogens is 240 g/mol. The van der Waals surface area contributed by atoms with Crippen LogP contribution in [0.3, 0.4) is 0 Å². The highest BCUT2D eigenvalue weighted by Gasteiger charge is 2.30. The molecule has 0 heterocycles. The maximum atomic E-state index is 6.31. The highest BCUT2D eigenvalue weighted by Crippen LogP contribution is 2.34. The molecule has 1 aliphatic rings. The maximum Gasteiger partial charge on any atom is 0.0600 e. The molecule has 0 amide bonds. The second-order valence-corrected chi connectivity index (χ2v) is 6.59. The molecule has 1 saturated carbocycles. The number of hydrogen-bond acceptors (Lipinski definition) is 2. The molecule has 18 heavy (non-hydrogen) atoms. The predicted molar refractivity (Wildman–Crippen MR) is 83.5 cm³/mol. The first-order valence-corrected chi connectivity index (χ1v) is 8.53. The first-order valence-electron chi connectivity index (χ1n) is 7.90. The largest absolute Gasteiger partial charge is 0.377 e. The van der Waals surface area contributed by atoms with Crippen LogP contribution in [0.2, 0.25) is 0 Å². The van der Waals surface area contributed by atoms with E-state index in [4.69, 9.17) is 4.74 Å². The van der Waals surface area contributed by atoms with Gasteiger partial charge in [0.2, 0.25) is 0 Å². The van der Waals surface area contributed by atoms with Gasteiger partial charge < -0.3 is 4.74 Å². The Morgan fingerprint density at radius 1 is 1.11 bits per heavy atom. The van der Waals surface area contributed by atoms with Gasteiger partial charge >= 0.3 is 0 Å². The summed E-state index contributed by atoms with van der Waals surface area (Å²) in [6, 6.07) is 0. The van der Waals surface area contributed by atoms with Crippen molar-refractivity contribution in [2.75, 3.05) is 12.4 Å². The van der Waals surface area contributed by atoms with Crippen molar-refractivity contribution in [1.82, 2.24) is 0 Å². The van der Waals surface area contributed by atoms with E-state index < -0.39 is 0 Å². The van der Waals surface area contributed by atoms with Crippen LogP contribution in [0.15, 0.2) is 0 Å². The second kappa shape index (κ2) is 8.47. The Balaban J connectivity index is 2.49. The third kappa shape index (κ3) is 4.77. The third-order valence-electron chi connectivity index (χ3n) is 4.53. The molecule has 0 aliphatic heterocycles. The third-order valence-corrected chi connectivity index (χ3v) is 5.20. The van der Waals surface area contributed by atoms with Crippen LogP contribution >= 0.6 is 12.6 Å². The average Bonchev–Trinajstić information content (AvgIpc) is 2.38. The van der Waals surface area contributed by atoms with E-state index in [9.17, 15) is 0 Å². The lowest BCUT2D eigenvalue weighted by Crippen LogP contribution is -2.34. The molecule has 2 atom stereocenters. The maximum absolute atomic E-state index is 6.31. The number of rotatable bonds is 8. The molecule has 2 heteroatoms. The van der Waals surface area contributed by atoms with E-state index in [1.165, 1.54) is 51.4 Å². The summed E-state index contributed by atoms with van der Waals surface area (Å²) in [6.45, 7) is 7.83. The van der Waals surface area contributed by atoms with Crippen molar-refractivity contribution in [3.05, 3.63) is 0 Å². The summed E-state index contributed by atoms with van der Waals surface area (Å²) < 4.78 is 6.31. The van der Waals surface area contributed by atoms with E-state index in [2.05, 4.69) is 33.4 Å². The lowest BCUT2D eigenvalue weighted by molar-refractivity contribution is -0.0479. The fraction of sp³-hybridized carbons (Fsp3) is 1.00. The van der Waals surface area contributed by atoms with Crippen molar-refractivity contribution in [1.29, 1.82) is 0 Å². The molecule has 1 fully saturated rings. The molecule has 1 rings (SSSR count). The van der Waals surface area contributed by atoms with E-state index in [-0.39, 0.29) is 0 Å². The van der Waals surface area contributed by atoms with Gasteiger partial charge in [0, 0.05) is 5.41 Å². The summed E-state index contributed by atoms with van der Waals surface area (Å²) in [5.74, 6) is 1.72. The minimum absolute atomic E-state index is 0.323. The van der Waals surface area contributed by atoms with E-state index >= 15 is 0 Å². The van der Waals surface area contributed by atoms with Gasteiger partial charge in [-0.25, -0.2) is 0 Å². The zero-order valence-corrected chi connectivity index (χ0v) is 13.5. The molecule has 2 unspecified atom stereocenters. The molecule has 0 radical (unpaired) electrons. The van der Waals surface area contributed by atoms with Crippen molar-refractivity contribution < 1.29 is 4.74 Å². The normalized spacial score (nSPS) is 25.3. The molecule has 0 aromatic carbocycles. The quantitative estimate of drug-likeness (QED) is 0.605. The molecule has 108 valence electrons. The van der Waals surface area contributed by atoms with Gasteiger partial charge in [-0.3, -0.25) is 0 Å². The first-order chi connectivity index (χ1) is 8.67. The van der Waals surface area contributed by atoms with Crippen LogP contribution in [-0.2, 0) is 4.74 Å². The van der Waals surface area contributed by atoms with Gasteiger partial charge in [0.05, 0.1) is 12.7 Å².